The molecule has 6 heteroatoms. The Bertz CT molecular complexity index is 680. The van der Waals surface area contributed by atoms with Gasteiger partial charge in [-0.3, -0.25) is 4.79 Å². The number of esters is 1. The fourth-order valence-electron chi connectivity index (χ4n) is 3.08. The highest BCUT2D eigenvalue weighted by molar-refractivity contribution is 7.17. The molecule has 1 atom stereocenters. The van der Waals surface area contributed by atoms with Crippen molar-refractivity contribution in [3.8, 4) is 6.07 Å². The van der Waals surface area contributed by atoms with Gasteiger partial charge in [0.2, 0.25) is 5.91 Å². The second-order valence-corrected chi connectivity index (χ2v) is 8.22. The van der Waals surface area contributed by atoms with E-state index in [0.29, 0.717) is 23.1 Å². The fourth-order valence-corrected chi connectivity index (χ4v) is 4.41. The van der Waals surface area contributed by atoms with Gasteiger partial charge in [0.15, 0.2) is 0 Å². The van der Waals surface area contributed by atoms with Crippen molar-refractivity contribution < 1.29 is 14.3 Å². The van der Waals surface area contributed by atoms with E-state index < -0.39 is 11.9 Å². The summed E-state index contributed by atoms with van der Waals surface area (Å²) in [6.45, 7) is 8.76. The monoisotopic (exact) mass is 348 g/mol. The molecule has 0 aromatic carbocycles. The molecular formula is C18H24N2O3S. The first-order valence-electron chi connectivity index (χ1n) is 8.26. The molecule has 1 aliphatic carbocycles. The Balaban J connectivity index is 2.37. The van der Waals surface area contributed by atoms with Crippen LogP contribution in [0.5, 0.6) is 0 Å². The minimum absolute atomic E-state index is 0.204. The molecule has 0 spiro atoms. The molecule has 2 rings (SSSR count). The summed E-state index contributed by atoms with van der Waals surface area (Å²) in [5.41, 5.74) is 1.69. The van der Waals surface area contributed by atoms with Crippen molar-refractivity contribution >= 4 is 28.2 Å². The lowest BCUT2D eigenvalue weighted by Gasteiger charge is -2.33. The number of hydrogen-bond acceptors (Lipinski definition) is 5. The van der Waals surface area contributed by atoms with Crippen molar-refractivity contribution in [2.75, 3.05) is 11.9 Å². The van der Waals surface area contributed by atoms with Gasteiger partial charge in [-0.15, -0.1) is 11.3 Å². The predicted octanol–water partition coefficient (Wildman–Crippen LogP) is 3.93. The summed E-state index contributed by atoms with van der Waals surface area (Å²) in [6.07, 6.45) is 2.51. The molecule has 24 heavy (non-hydrogen) atoms. The first-order valence-corrected chi connectivity index (χ1v) is 9.08. The molecule has 5 nitrogen and oxygen atoms in total. The van der Waals surface area contributed by atoms with Crippen molar-refractivity contribution in [3.63, 3.8) is 0 Å². The lowest BCUT2D eigenvalue weighted by Crippen LogP contribution is -2.26. The number of ether oxygens (including phenoxy) is 1. The Hall–Kier alpha value is -1.87. The number of rotatable bonds is 4. The number of nitrogens with zero attached hydrogens (tertiary/aromatic N) is 1. The van der Waals surface area contributed by atoms with Gasteiger partial charge in [0, 0.05) is 4.88 Å². The Labute approximate surface area is 147 Å². The number of fused-ring (bicyclic) bond motifs is 1. The first kappa shape index (κ1) is 18.5. The number of carbonyl (C=O) groups is 2. The molecule has 1 amide bonds. The van der Waals surface area contributed by atoms with Crippen LogP contribution >= 0.6 is 11.3 Å². The second kappa shape index (κ2) is 7.35. The van der Waals surface area contributed by atoms with Crippen molar-refractivity contribution in [2.45, 2.75) is 53.4 Å². The third-order valence-corrected chi connectivity index (χ3v) is 5.63. The van der Waals surface area contributed by atoms with Crippen molar-refractivity contribution in [1.29, 1.82) is 5.26 Å². The smallest absolute Gasteiger partial charge is 0.341 e. The van der Waals surface area contributed by atoms with Crippen LogP contribution in [0.15, 0.2) is 0 Å². The molecule has 1 heterocycles. The predicted molar refractivity (Wildman–Crippen MR) is 94.1 cm³/mol. The Morgan fingerprint density at radius 2 is 2.12 bits per heavy atom. The number of anilines is 1. The normalized spacial score (nSPS) is 16.9. The fraction of sp³-hybridized carbons (Fsp3) is 0.611. The van der Waals surface area contributed by atoms with E-state index in [-0.39, 0.29) is 11.8 Å². The van der Waals surface area contributed by atoms with Crippen LogP contribution in [-0.4, -0.2) is 18.5 Å². The third-order valence-electron chi connectivity index (χ3n) is 4.46. The van der Waals surface area contributed by atoms with E-state index in [9.17, 15) is 9.59 Å². The van der Waals surface area contributed by atoms with Crippen LogP contribution in [-0.2, 0) is 22.4 Å². The maximum atomic E-state index is 12.4. The standard InChI is InChI=1S/C18H24N2O3S/c1-5-23-17(22)15-12-7-6-11(18(2,3)4)10-13(12)24-16(15)20-14(21)8-9-19/h11H,5-8,10H2,1-4H3,(H,20,21). The summed E-state index contributed by atoms with van der Waals surface area (Å²) >= 11 is 1.45. The maximum absolute atomic E-state index is 12.4. The molecule has 1 aliphatic rings. The van der Waals surface area contributed by atoms with Gasteiger partial charge >= 0.3 is 5.97 Å². The van der Waals surface area contributed by atoms with E-state index in [1.807, 2.05) is 6.07 Å². The average molecular weight is 348 g/mol. The zero-order chi connectivity index (χ0) is 17.9. The van der Waals surface area contributed by atoms with Crippen LogP contribution in [0.4, 0.5) is 5.00 Å². The average Bonchev–Trinajstić information content (AvgIpc) is 2.83. The number of carbonyl (C=O) groups excluding carboxylic acids is 2. The number of hydrogen-bond donors (Lipinski definition) is 1. The summed E-state index contributed by atoms with van der Waals surface area (Å²) in [7, 11) is 0. The summed E-state index contributed by atoms with van der Waals surface area (Å²) in [5, 5.41) is 11.9. The van der Waals surface area contributed by atoms with Gasteiger partial charge in [0.1, 0.15) is 11.4 Å². The van der Waals surface area contributed by atoms with Crippen LogP contribution in [0.2, 0.25) is 0 Å². The Kier molecular flexibility index (Phi) is 5.66. The third kappa shape index (κ3) is 3.96. The number of nitrogens with one attached hydrogen (secondary N) is 1. The zero-order valence-corrected chi connectivity index (χ0v) is 15.5. The Morgan fingerprint density at radius 1 is 1.42 bits per heavy atom. The minimum Gasteiger partial charge on any atom is -0.462 e. The highest BCUT2D eigenvalue weighted by Crippen LogP contribution is 2.44. The molecule has 0 fully saturated rings. The zero-order valence-electron chi connectivity index (χ0n) is 14.7. The first-order chi connectivity index (χ1) is 11.3. The lowest BCUT2D eigenvalue weighted by molar-refractivity contribution is -0.115. The summed E-state index contributed by atoms with van der Waals surface area (Å²) in [6, 6.07) is 1.83. The van der Waals surface area contributed by atoms with Crippen molar-refractivity contribution in [3.05, 3.63) is 16.0 Å². The topological polar surface area (TPSA) is 79.2 Å². The van der Waals surface area contributed by atoms with Gasteiger partial charge in [-0.05, 0) is 43.1 Å². The molecule has 130 valence electrons. The molecule has 0 radical (unpaired) electrons. The molecule has 1 unspecified atom stereocenters. The molecular weight excluding hydrogens is 324 g/mol. The Morgan fingerprint density at radius 3 is 2.71 bits per heavy atom. The molecule has 1 aromatic rings. The summed E-state index contributed by atoms with van der Waals surface area (Å²) < 4.78 is 5.18. The van der Waals surface area contributed by atoms with E-state index in [4.69, 9.17) is 10.00 Å². The summed E-state index contributed by atoms with van der Waals surface area (Å²) in [4.78, 5) is 25.3. The van der Waals surface area contributed by atoms with E-state index in [0.717, 1.165) is 29.7 Å². The van der Waals surface area contributed by atoms with E-state index in [1.54, 1.807) is 6.92 Å². The van der Waals surface area contributed by atoms with Crippen LogP contribution in [0.25, 0.3) is 0 Å². The largest absolute Gasteiger partial charge is 0.462 e. The molecule has 0 bridgehead atoms. The van der Waals surface area contributed by atoms with Crippen LogP contribution < -0.4 is 5.32 Å². The van der Waals surface area contributed by atoms with E-state index >= 15 is 0 Å². The molecule has 0 saturated heterocycles. The minimum atomic E-state index is -0.394. The number of thiophene rings is 1. The van der Waals surface area contributed by atoms with Gasteiger partial charge in [-0.1, -0.05) is 20.8 Å². The van der Waals surface area contributed by atoms with E-state index in [2.05, 4.69) is 26.1 Å². The van der Waals surface area contributed by atoms with Gasteiger partial charge < -0.3 is 10.1 Å². The molecule has 0 aliphatic heterocycles. The summed E-state index contributed by atoms with van der Waals surface area (Å²) in [5.74, 6) is -0.244. The molecule has 0 saturated carbocycles. The van der Waals surface area contributed by atoms with Gasteiger partial charge in [-0.2, -0.15) is 5.26 Å². The van der Waals surface area contributed by atoms with Gasteiger partial charge in [0.25, 0.3) is 0 Å². The SMILES string of the molecule is CCOC(=O)c1c(NC(=O)CC#N)sc2c1CCC(C(C)(C)C)C2. The van der Waals surface area contributed by atoms with Crippen LogP contribution in [0, 0.1) is 22.7 Å². The highest BCUT2D eigenvalue weighted by Gasteiger charge is 2.34. The van der Waals surface area contributed by atoms with Gasteiger partial charge in [-0.25, -0.2) is 4.79 Å². The number of amides is 1. The van der Waals surface area contributed by atoms with Crippen molar-refractivity contribution in [2.24, 2.45) is 11.3 Å². The van der Waals surface area contributed by atoms with E-state index in [1.165, 1.54) is 11.3 Å². The van der Waals surface area contributed by atoms with Crippen molar-refractivity contribution in [1.82, 2.24) is 0 Å². The molecule has 1 aromatic heterocycles. The number of nitriles is 1. The molecule has 1 N–H and O–H groups in total. The maximum Gasteiger partial charge on any atom is 0.341 e. The van der Waals surface area contributed by atoms with Crippen LogP contribution in [0.3, 0.4) is 0 Å². The van der Waals surface area contributed by atoms with Gasteiger partial charge in [0.05, 0.1) is 18.2 Å². The quantitative estimate of drug-likeness (QED) is 0.836. The van der Waals surface area contributed by atoms with Crippen LogP contribution in [0.1, 0.15) is 61.3 Å². The second-order valence-electron chi connectivity index (χ2n) is 7.12. The highest BCUT2D eigenvalue weighted by atomic mass is 32.1. The lowest BCUT2D eigenvalue weighted by atomic mass is 9.72.